The second kappa shape index (κ2) is 7.25. The highest BCUT2D eigenvalue weighted by molar-refractivity contribution is 6.03. The molecule has 1 atom stereocenters. The average molecular weight is 379 g/mol. The molecule has 2 aromatic carbocycles. The number of likely N-dealkylation sites (tertiary alicyclic amines) is 1. The number of nitrogens with zero attached hydrogens (tertiary/aromatic N) is 1. The molecule has 2 aliphatic rings. The quantitative estimate of drug-likeness (QED) is 0.799. The summed E-state index contributed by atoms with van der Waals surface area (Å²) in [5, 5.41) is 3.27. The zero-order chi connectivity index (χ0) is 19.8. The second-order valence-electron chi connectivity index (χ2n) is 8.79. The van der Waals surface area contributed by atoms with E-state index in [2.05, 4.69) is 36.2 Å². The summed E-state index contributed by atoms with van der Waals surface area (Å²) >= 11 is 0. The van der Waals surface area contributed by atoms with Crippen molar-refractivity contribution in [2.45, 2.75) is 45.1 Å². The van der Waals surface area contributed by atoms with Crippen LogP contribution in [-0.2, 0) is 16.8 Å². The molecule has 1 heterocycles. The van der Waals surface area contributed by atoms with Gasteiger partial charge < -0.3 is 10.1 Å². The second-order valence-corrected chi connectivity index (χ2v) is 8.79. The fraction of sp³-hybridized carbons (Fsp3) is 0.458. The van der Waals surface area contributed by atoms with Crippen LogP contribution < -0.4 is 10.1 Å². The average Bonchev–Trinajstić information content (AvgIpc) is 3.03. The molecule has 1 saturated heterocycles. The van der Waals surface area contributed by atoms with Gasteiger partial charge in [0.25, 0.3) is 0 Å². The Morgan fingerprint density at radius 1 is 1.07 bits per heavy atom. The lowest BCUT2D eigenvalue weighted by Gasteiger charge is -2.23. The summed E-state index contributed by atoms with van der Waals surface area (Å²) < 4.78 is 5.28. The van der Waals surface area contributed by atoms with E-state index in [4.69, 9.17) is 4.74 Å². The first-order chi connectivity index (χ1) is 13.5. The molecule has 0 aromatic heterocycles. The number of ether oxygens (including phenoxy) is 1. The summed E-state index contributed by atoms with van der Waals surface area (Å²) in [7, 11) is 1.66. The van der Waals surface area contributed by atoms with Gasteiger partial charge in [-0.1, -0.05) is 44.2 Å². The zero-order valence-electron chi connectivity index (χ0n) is 17.1. The lowest BCUT2D eigenvalue weighted by atomic mass is 9.86. The van der Waals surface area contributed by atoms with Gasteiger partial charge in [-0.15, -0.1) is 0 Å². The molecule has 2 fully saturated rings. The SMILES string of the molecule is COc1ccc(C2(C(=O)Nc3ccccc3CN3CCCC3)CC2(C)C)cc1. The zero-order valence-corrected chi connectivity index (χ0v) is 17.1. The third kappa shape index (κ3) is 3.30. The number of carbonyl (C=O) groups excluding carboxylic acids is 1. The molecule has 4 heteroatoms. The van der Waals surface area contributed by atoms with Crippen LogP contribution >= 0.6 is 0 Å². The minimum Gasteiger partial charge on any atom is -0.497 e. The first kappa shape index (κ1) is 19.0. The van der Waals surface area contributed by atoms with Crippen molar-refractivity contribution >= 4 is 11.6 Å². The van der Waals surface area contributed by atoms with E-state index in [9.17, 15) is 4.79 Å². The van der Waals surface area contributed by atoms with Gasteiger partial charge >= 0.3 is 0 Å². The minimum atomic E-state index is -0.486. The fourth-order valence-corrected chi connectivity index (χ4v) is 4.70. The predicted molar refractivity (Wildman–Crippen MR) is 113 cm³/mol. The highest BCUT2D eigenvalue weighted by atomic mass is 16.5. The topological polar surface area (TPSA) is 41.6 Å². The van der Waals surface area contributed by atoms with Crippen molar-refractivity contribution in [1.29, 1.82) is 0 Å². The van der Waals surface area contributed by atoms with Crippen molar-refractivity contribution in [2.24, 2.45) is 5.41 Å². The lowest BCUT2D eigenvalue weighted by molar-refractivity contribution is -0.119. The highest BCUT2D eigenvalue weighted by Crippen LogP contribution is 2.64. The van der Waals surface area contributed by atoms with E-state index >= 15 is 0 Å². The third-order valence-corrected chi connectivity index (χ3v) is 6.57. The van der Waals surface area contributed by atoms with E-state index in [1.807, 2.05) is 36.4 Å². The fourth-order valence-electron chi connectivity index (χ4n) is 4.70. The molecule has 4 nitrogen and oxygen atoms in total. The Bertz CT molecular complexity index is 853. The van der Waals surface area contributed by atoms with Gasteiger partial charge in [-0.3, -0.25) is 9.69 Å². The van der Waals surface area contributed by atoms with Crippen molar-refractivity contribution < 1.29 is 9.53 Å². The minimum absolute atomic E-state index is 0.0600. The number of para-hydroxylation sites is 1. The summed E-state index contributed by atoms with van der Waals surface area (Å²) in [6.07, 6.45) is 3.39. The molecule has 1 saturated carbocycles. The molecule has 1 aliphatic heterocycles. The van der Waals surface area contributed by atoms with Gasteiger partial charge in [0.1, 0.15) is 5.75 Å². The number of nitrogens with one attached hydrogen (secondary N) is 1. The summed E-state index contributed by atoms with van der Waals surface area (Å²) in [5.74, 6) is 0.908. The van der Waals surface area contributed by atoms with Gasteiger partial charge in [0.15, 0.2) is 0 Å². The van der Waals surface area contributed by atoms with Crippen LogP contribution in [0.1, 0.15) is 44.2 Å². The maximum absolute atomic E-state index is 13.5. The number of rotatable bonds is 6. The molecular formula is C24H30N2O2. The van der Waals surface area contributed by atoms with Gasteiger partial charge in [0.2, 0.25) is 5.91 Å². The van der Waals surface area contributed by atoms with Crippen molar-refractivity contribution in [2.75, 3.05) is 25.5 Å². The van der Waals surface area contributed by atoms with Gasteiger partial charge in [0, 0.05) is 12.2 Å². The van der Waals surface area contributed by atoms with Gasteiger partial charge in [-0.2, -0.15) is 0 Å². The van der Waals surface area contributed by atoms with Crippen LogP contribution in [0.5, 0.6) is 5.75 Å². The molecule has 0 spiro atoms. The number of amides is 1. The molecule has 1 aliphatic carbocycles. The molecule has 2 aromatic rings. The summed E-state index contributed by atoms with van der Waals surface area (Å²) in [6, 6.07) is 16.2. The van der Waals surface area contributed by atoms with Gasteiger partial charge in [-0.05, 0) is 67.1 Å². The number of methoxy groups -OCH3 is 1. The van der Waals surface area contributed by atoms with E-state index in [0.717, 1.165) is 43.1 Å². The van der Waals surface area contributed by atoms with Crippen LogP contribution in [0, 0.1) is 5.41 Å². The van der Waals surface area contributed by atoms with Gasteiger partial charge in [-0.25, -0.2) is 0 Å². The summed E-state index contributed by atoms with van der Waals surface area (Å²) in [4.78, 5) is 16.0. The van der Waals surface area contributed by atoms with Crippen LogP contribution in [0.25, 0.3) is 0 Å². The maximum atomic E-state index is 13.5. The van der Waals surface area contributed by atoms with E-state index in [0.29, 0.717) is 0 Å². The lowest BCUT2D eigenvalue weighted by Crippen LogP contribution is -2.32. The molecule has 28 heavy (non-hydrogen) atoms. The van der Waals surface area contributed by atoms with Crippen molar-refractivity contribution in [3.63, 3.8) is 0 Å². The number of carbonyl (C=O) groups is 1. The molecule has 0 radical (unpaired) electrons. The summed E-state index contributed by atoms with van der Waals surface area (Å²) in [6.45, 7) is 7.53. The first-order valence-electron chi connectivity index (χ1n) is 10.2. The van der Waals surface area contributed by atoms with Crippen LogP contribution in [0.15, 0.2) is 48.5 Å². The highest BCUT2D eigenvalue weighted by Gasteiger charge is 2.67. The van der Waals surface area contributed by atoms with Gasteiger partial charge in [0.05, 0.1) is 12.5 Å². The molecule has 1 unspecified atom stereocenters. The largest absolute Gasteiger partial charge is 0.497 e. The molecule has 1 N–H and O–H groups in total. The molecule has 148 valence electrons. The van der Waals surface area contributed by atoms with Crippen LogP contribution in [0.4, 0.5) is 5.69 Å². The molecule has 1 amide bonds. The summed E-state index contributed by atoms with van der Waals surface area (Å²) in [5.41, 5.74) is 2.65. The van der Waals surface area contributed by atoms with Crippen molar-refractivity contribution in [1.82, 2.24) is 4.90 Å². The Labute approximate surface area is 167 Å². The Hall–Kier alpha value is -2.33. The van der Waals surface area contributed by atoms with E-state index in [1.54, 1.807) is 7.11 Å². The third-order valence-electron chi connectivity index (χ3n) is 6.57. The number of anilines is 1. The predicted octanol–water partition coefficient (Wildman–Crippen LogP) is 4.60. The Morgan fingerprint density at radius 3 is 2.32 bits per heavy atom. The van der Waals surface area contributed by atoms with Crippen LogP contribution in [0.3, 0.4) is 0 Å². The first-order valence-corrected chi connectivity index (χ1v) is 10.2. The Morgan fingerprint density at radius 2 is 1.71 bits per heavy atom. The number of benzene rings is 2. The van der Waals surface area contributed by atoms with Crippen molar-refractivity contribution in [3.05, 3.63) is 59.7 Å². The monoisotopic (exact) mass is 378 g/mol. The molecule has 0 bridgehead atoms. The van der Waals surface area contributed by atoms with Crippen LogP contribution in [-0.4, -0.2) is 31.0 Å². The van der Waals surface area contributed by atoms with E-state index in [-0.39, 0.29) is 11.3 Å². The van der Waals surface area contributed by atoms with E-state index < -0.39 is 5.41 Å². The smallest absolute Gasteiger partial charge is 0.235 e. The number of hydrogen-bond acceptors (Lipinski definition) is 3. The normalized spacial score (nSPS) is 23.4. The van der Waals surface area contributed by atoms with Crippen molar-refractivity contribution in [3.8, 4) is 5.75 Å². The standard InChI is InChI=1S/C24H30N2O2/c1-23(2)17-24(23,19-10-12-20(28-3)13-11-19)22(27)25-21-9-5-4-8-18(21)16-26-14-6-7-15-26/h4-5,8-13H,6-7,14-17H2,1-3H3,(H,25,27). The number of hydrogen-bond donors (Lipinski definition) is 1. The Kier molecular flexibility index (Phi) is 4.92. The maximum Gasteiger partial charge on any atom is 0.235 e. The van der Waals surface area contributed by atoms with Crippen LogP contribution in [0.2, 0.25) is 0 Å². The Balaban J connectivity index is 1.58. The van der Waals surface area contributed by atoms with E-state index in [1.165, 1.54) is 18.4 Å². The molecular weight excluding hydrogens is 348 g/mol. The molecule has 4 rings (SSSR count).